The van der Waals surface area contributed by atoms with Gasteiger partial charge in [-0.05, 0) is 13.5 Å². The predicted octanol–water partition coefficient (Wildman–Crippen LogP) is -0.625. The molecule has 7 heteroatoms. The molecule has 1 heterocycles. The number of carbonyl (C=O) groups is 1. The fourth-order valence-corrected chi connectivity index (χ4v) is 1.66. The third kappa shape index (κ3) is 11.6. The Morgan fingerprint density at radius 2 is 1.94 bits per heavy atom. The molecule has 0 amide bonds. The number of aldehydes is 1. The summed E-state index contributed by atoms with van der Waals surface area (Å²) in [7, 11) is -1.70. The van der Waals surface area contributed by atoms with Gasteiger partial charge in [0.25, 0.3) is 10.1 Å². The van der Waals surface area contributed by atoms with Gasteiger partial charge in [0, 0.05) is 32.6 Å². The standard InChI is InChI=1S/C5H12N2.C4H8O4S/c1-7-4-2-6-3-5-7;5-3-1-2-4-9(6,7)8/h6H,2-5H2,1H3;3H,1-2,4H2,(H,6,7,8). The van der Waals surface area contributed by atoms with Crippen LogP contribution < -0.4 is 5.32 Å². The highest BCUT2D eigenvalue weighted by Gasteiger charge is 2.01. The monoisotopic (exact) mass is 252 g/mol. The molecule has 0 radical (unpaired) electrons. The molecule has 1 saturated heterocycles. The Morgan fingerprint density at radius 3 is 2.25 bits per heavy atom. The van der Waals surface area contributed by atoms with E-state index in [-0.39, 0.29) is 18.6 Å². The van der Waals surface area contributed by atoms with Crippen LogP contribution in [0.5, 0.6) is 0 Å². The second-order valence-corrected chi connectivity index (χ2v) is 5.22. The average molecular weight is 252 g/mol. The van der Waals surface area contributed by atoms with Crippen molar-refractivity contribution in [1.29, 1.82) is 0 Å². The molecule has 1 rings (SSSR count). The van der Waals surface area contributed by atoms with Crippen molar-refractivity contribution in [3.8, 4) is 0 Å². The minimum Gasteiger partial charge on any atom is -0.314 e. The fourth-order valence-electron chi connectivity index (χ4n) is 1.13. The third-order valence-corrected chi connectivity index (χ3v) is 2.87. The molecule has 0 aromatic carbocycles. The molecule has 0 aromatic rings. The molecule has 0 saturated carbocycles. The molecular weight excluding hydrogens is 232 g/mol. The highest BCUT2D eigenvalue weighted by molar-refractivity contribution is 7.85. The molecule has 0 unspecified atom stereocenters. The van der Waals surface area contributed by atoms with Crippen molar-refractivity contribution < 1.29 is 17.8 Å². The highest BCUT2D eigenvalue weighted by Crippen LogP contribution is 1.89. The minimum absolute atomic E-state index is 0.180. The zero-order chi connectivity index (χ0) is 12.4. The third-order valence-electron chi connectivity index (χ3n) is 2.06. The van der Waals surface area contributed by atoms with Crippen molar-refractivity contribution in [2.24, 2.45) is 0 Å². The van der Waals surface area contributed by atoms with Crippen LogP contribution in [0.15, 0.2) is 0 Å². The van der Waals surface area contributed by atoms with Crippen LogP contribution in [0.4, 0.5) is 0 Å². The number of nitrogens with one attached hydrogen (secondary N) is 1. The van der Waals surface area contributed by atoms with E-state index in [9.17, 15) is 13.2 Å². The first-order chi connectivity index (χ1) is 7.45. The lowest BCUT2D eigenvalue weighted by atomic mass is 10.4. The van der Waals surface area contributed by atoms with Crippen LogP contribution in [0.3, 0.4) is 0 Å². The summed E-state index contributed by atoms with van der Waals surface area (Å²) in [6.07, 6.45) is 0.993. The normalized spacial score (nSPS) is 17.4. The first kappa shape index (κ1) is 15.5. The molecule has 16 heavy (non-hydrogen) atoms. The second-order valence-electron chi connectivity index (χ2n) is 3.65. The summed E-state index contributed by atoms with van der Waals surface area (Å²) in [5.74, 6) is -0.328. The average Bonchev–Trinajstić information content (AvgIpc) is 2.18. The molecule has 0 aliphatic carbocycles. The number of hydrogen-bond donors (Lipinski definition) is 2. The quantitative estimate of drug-likeness (QED) is 0.394. The van der Waals surface area contributed by atoms with Crippen molar-refractivity contribution in [2.75, 3.05) is 39.0 Å². The highest BCUT2D eigenvalue weighted by atomic mass is 32.2. The van der Waals surface area contributed by atoms with Gasteiger partial charge in [-0.3, -0.25) is 4.55 Å². The molecule has 1 aliphatic rings. The van der Waals surface area contributed by atoms with Crippen LogP contribution in [-0.2, 0) is 14.9 Å². The molecule has 0 spiro atoms. The maximum atomic E-state index is 9.95. The summed E-state index contributed by atoms with van der Waals surface area (Å²) < 4.78 is 28.0. The number of unbranched alkanes of at least 4 members (excludes halogenated alkanes) is 1. The van der Waals surface area contributed by atoms with Gasteiger partial charge in [0.1, 0.15) is 6.29 Å². The van der Waals surface area contributed by atoms with E-state index in [4.69, 9.17) is 4.55 Å². The van der Waals surface area contributed by atoms with E-state index in [2.05, 4.69) is 17.3 Å². The van der Waals surface area contributed by atoms with Gasteiger partial charge in [-0.2, -0.15) is 8.42 Å². The summed E-state index contributed by atoms with van der Waals surface area (Å²) in [6, 6.07) is 0. The smallest absolute Gasteiger partial charge is 0.264 e. The zero-order valence-electron chi connectivity index (χ0n) is 9.55. The van der Waals surface area contributed by atoms with Gasteiger partial charge >= 0.3 is 0 Å². The largest absolute Gasteiger partial charge is 0.314 e. The lowest BCUT2D eigenvalue weighted by Gasteiger charge is -2.21. The van der Waals surface area contributed by atoms with Gasteiger partial charge in [0.2, 0.25) is 0 Å². The van der Waals surface area contributed by atoms with Crippen molar-refractivity contribution in [2.45, 2.75) is 12.8 Å². The van der Waals surface area contributed by atoms with E-state index in [1.165, 1.54) is 13.1 Å². The van der Waals surface area contributed by atoms with E-state index in [1.807, 2.05) is 0 Å². The Labute approximate surface area is 96.8 Å². The van der Waals surface area contributed by atoms with Gasteiger partial charge in [0.05, 0.1) is 5.75 Å². The molecule has 1 fully saturated rings. The van der Waals surface area contributed by atoms with E-state index in [0.717, 1.165) is 13.1 Å². The molecule has 0 aromatic heterocycles. The van der Waals surface area contributed by atoms with E-state index < -0.39 is 10.1 Å². The summed E-state index contributed by atoms with van der Waals surface area (Å²) >= 11 is 0. The van der Waals surface area contributed by atoms with Crippen LogP contribution in [0.25, 0.3) is 0 Å². The van der Waals surface area contributed by atoms with Crippen LogP contribution >= 0.6 is 0 Å². The van der Waals surface area contributed by atoms with Gasteiger partial charge in [-0.15, -0.1) is 0 Å². The minimum atomic E-state index is -3.86. The second kappa shape index (κ2) is 8.63. The Hall–Kier alpha value is -0.500. The number of carbonyl (C=O) groups excluding carboxylic acids is 1. The van der Waals surface area contributed by atoms with E-state index in [1.54, 1.807) is 0 Å². The molecule has 96 valence electrons. The number of nitrogens with zero attached hydrogens (tertiary/aromatic N) is 1. The van der Waals surface area contributed by atoms with E-state index >= 15 is 0 Å². The van der Waals surface area contributed by atoms with E-state index in [0.29, 0.717) is 6.29 Å². The fraction of sp³-hybridized carbons (Fsp3) is 0.889. The molecule has 0 bridgehead atoms. The summed E-state index contributed by atoms with van der Waals surface area (Å²) in [5, 5.41) is 3.27. The molecular formula is C9H20N2O4S. The number of hydrogen-bond acceptors (Lipinski definition) is 5. The summed E-state index contributed by atoms with van der Waals surface area (Å²) in [6.45, 7) is 4.74. The summed E-state index contributed by atoms with van der Waals surface area (Å²) in [5.41, 5.74) is 0. The topological polar surface area (TPSA) is 86.7 Å². The van der Waals surface area contributed by atoms with Gasteiger partial charge in [0.15, 0.2) is 0 Å². The van der Waals surface area contributed by atoms with Crippen molar-refractivity contribution >= 4 is 16.4 Å². The first-order valence-electron chi connectivity index (χ1n) is 5.24. The lowest BCUT2D eigenvalue weighted by Crippen LogP contribution is -2.40. The Morgan fingerprint density at radius 1 is 1.38 bits per heavy atom. The van der Waals surface area contributed by atoms with Gasteiger partial charge in [-0.25, -0.2) is 0 Å². The van der Waals surface area contributed by atoms with Crippen molar-refractivity contribution in [1.82, 2.24) is 10.2 Å². The van der Waals surface area contributed by atoms with Gasteiger partial charge < -0.3 is 15.0 Å². The van der Waals surface area contributed by atoms with Crippen LogP contribution in [0.1, 0.15) is 12.8 Å². The predicted molar refractivity (Wildman–Crippen MR) is 62.1 cm³/mol. The SMILES string of the molecule is CN1CCNCC1.O=CCCCS(=O)(=O)O. The van der Waals surface area contributed by atoms with Crippen LogP contribution in [-0.4, -0.2) is 63.1 Å². The first-order valence-corrected chi connectivity index (χ1v) is 6.84. The molecule has 1 aliphatic heterocycles. The Kier molecular flexibility index (Phi) is 8.36. The van der Waals surface area contributed by atoms with Crippen LogP contribution in [0, 0.1) is 0 Å². The summed E-state index contributed by atoms with van der Waals surface area (Å²) in [4.78, 5) is 11.9. The van der Waals surface area contributed by atoms with Crippen molar-refractivity contribution in [3.63, 3.8) is 0 Å². The zero-order valence-corrected chi connectivity index (χ0v) is 10.4. The number of likely N-dealkylation sites (N-methyl/N-ethyl adjacent to an activating group) is 1. The Balaban J connectivity index is 0.000000288. The lowest BCUT2D eigenvalue weighted by molar-refractivity contribution is -0.107. The maximum absolute atomic E-state index is 9.95. The van der Waals surface area contributed by atoms with Crippen LogP contribution in [0.2, 0.25) is 0 Å². The van der Waals surface area contributed by atoms with Crippen molar-refractivity contribution in [3.05, 3.63) is 0 Å². The molecule has 6 nitrogen and oxygen atoms in total. The Bertz CT molecular complexity index is 273. The molecule has 2 N–H and O–H groups in total. The number of piperazine rings is 1. The maximum Gasteiger partial charge on any atom is 0.264 e. The molecule has 0 atom stereocenters. The van der Waals surface area contributed by atoms with Gasteiger partial charge in [-0.1, -0.05) is 0 Å². The number of rotatable bonds is 4.